The summed E-state index contributed by atoms with van der Waals surface area (Å²) < 4.78 is 8.55. The van der Waals surface area contributed by atoms with E-state index in [9.17, 15) is 0 Å². The number of rotatable bonds is 0. The average Bonchev–Trinajstić information content (AvgIpc) is 0.722. The smallest absolute Gasteiger partial charge is 0.822 e. The Hall–Kier alpha value is 3.73. The fourth-order valence-electron chi connectivity index (χ4n) is 0. The van der Waals surface area contributed by atoms with Crippen LogP contribution in [0.25, 0.3) is 0 Å². The van der Waals surface area contributed by atoms with E-state index in [1.165, 1.54) is 0 Å². The van der Waals surface area contributed by atoms with Gasteiger partial charge in [0.1, 0.15) is 0 Å². The summed E-state index contributed by atoms with van der Waals surface area (Å²) in [6, 6.07) is 0. The molecule has 0 saturated heterocycles. The van der Waals surface area contributed by atoms with Crippen molar-refractivity contribution in [2.75, 3.05) is 0 Å². The van der Waals surface area contributed by atoms with Crippen molar-refractivity contribution in [2.45, 2.75) is 0 Å². The molecule has 0 aliphatic carbocycles. The van der Waals surface area contributed by atoms with Crippen LogP contribution in [0.4, 0.5) is 0 Å². The van der Waals surface area contributed by atoms with Crippen molar-refractivity contribution in [3.05, 3.63) is 0 Å². The van der Waals surface area contributed by atoms with Gasteiger partial charge in [0.15, 0.2) is 0 Å². The molecule has 9 heavy (non-hydrogen) atoms. The number of hydrogen-bond donors (Lipinski definition) is 0. The van der Waals surface area contributed by atoms with Crippen LogP contribution in [0.1, 0.15) is 0 Å². The standard InChI is InChI=1S/3Na.H3O4P.Zn/c;;;1-5(2,3)4;/h;;;(H3,1,2,3,4);/q3*+1;;+2/p-3. The third-order valence-electron chi connectivity index (χ3n) is 0. The van der Waals surface area contributed by atoms with Crippen molar-refractivity contribution >= 4 is 7.82 Å². The molecule has 0 fully saturated rings. The summed E-state index contributed by atoms with van der Waals surface area (Å²) in [6.07, 6.45) is 0. The number of hydrogen-bond acceptors (Lipinski definition) is 4. The third-order valence-corrected chi connectivity index (χ3v) is 0. The Labute approximate surface area is 132 Å². The van der Waals surface area contributed by atoms with Crippen LogP contribution in [0.15, 0.2) is 0 Å². The van der Waals surface area contributed by atoms with E-state index in [1.54, 1.807) is 0 Å². The van der Waals surface area contributed by atoms with Gasteiger partial charge in [-0.15, -0.1) is 0 Å². The molecule has 0 aliphatic heterocycles. The second-order valence-electron chi connectivity index (χ2n) is 0.447. The maximum Gasteiger partial charge on any atom is 2.00 e. The van der Waals surface area contributed by atoms with Gasteiger partial charge in [-0.2, -0.15) is 7.82 Å². The largest absolute Gasteiger partial charge is 2.00 e. The van der Waals surface area contributed by atoms with E-state index in [2.05, 4.69) is 0 Å². The first-order valence-electron chi connectivity index (χ1n) is 0.730. The van der Waals surface area contributed by atoms with Gasteiger partial charge in [-0.25, -0.2) is 0 Å². The predicted octanol–water partition coefficient (Wildman–Crippen LogP) is -11.8. The molecular weight excluding hydrogens is 229 g/mol. The van der Waals surface area contributed by atoms with Gasteiger partial charge in [0.05, 0.1) is 0 Å². The van der Waals surface area contributed by atoms with Crippen LogP contribution in [0.5, 0.6) is 0 Å². The second-order valence-corrected chi connectivity index (χ2v) is 1.34. The monoisotopic (exact) mass is 228 g/mol. The van der Waals surface area contributed by atoms with Gasteiger partial charge in [-0.3, -0.25) is 0 Å². The molecule has 0 saturated carbocycles. The van der Waals surface area contributed by atoms with Crippen LogP contribution in [0.2, 0.25) is 0 Å². The van der Waals surface area contributed by atoms with Gasteiger partial charge in [0.2, 0.25) is 0 Å². The van der Waals surface area contributed by atoms with Crippen LogP contribution in [0.3, 0.4) is 0 Å². The van der Waals surface area contributed by atoms with Crippen LogP contribution in [-0.2, 0) is 24.0 Å². The van der Waals surface area contributed by atoms with Crippen molar-refractivity contribution in [3.8, 4) is 0 Å². The first-order chi connectivity index (χ1) is 2.00. The maximum atomic E-state index is 8.55. The molecule has 0 aliphatic rings. The molecule has 0 N–H and O–H groups in total. The molecule has 32 valence electrons. The minimum atomic E-state index is -5.39. The van der Waals surface area contributed by atoms with Crippen LogP contribution in [-0.4, -0.2) is 0 Å². The van der Waals surface area contributed by atoms with Crippen molar-refractivity contribution in [1.29, 1.82) is 0 Å². The molecule has 0 spiro atoms. The summed E-state index contributed by atoms with van der Waals surface area (Å²) in [5.41, 5.74) is 0. The van der Waals surface area contributed by atoms with E-state index >= 15 is 0 Å². The molecule has 0 atom stereocenters. The molecule has 9 heteroatoms. The third kappa shape index (κ3) is 79.8. The molecule has 0 unspecified atom stereocenters. The van der Waals surface area contributed by atoms with Crippen molar-refractivity contribution < 1.29 is 127 Å². The molecule has 0 heterocycles. The topological polar surface area (TPSA) is 86.2 Å². The maximum absolute atomic E-state index is 8.55. The van der Waals surface area contributed by atoms with Gasteiger partial charge in [0.25, 0.3) is 0 Å². The summed E-state index contributed by atoms with van der Waals surface area (Å²) in [5, 5.41) is 0. The van der Waals surface area contributed by atoms with Gasteiger partial charge in [0, 0.05) is 0 Å². The molecule has 0 amide bonds. The van der Waals surface area contributed by atoms with Gasteiger partial charge >= 0.3 is 108 Å². The Bertz CT molecular complexity index is 61.9. The molecule has 4 nitrogen and oxygen atoms in total. The Balaban J connectivity index is -0.0000000133. The van der Waals surface area contributed by atoms with E-state index < -0.39 is 7.82 Å². The molecule has 0 rings (SSSR count). The van der Waals surface area contributed by atoms with Crippen molar-refractivity contribution in [1.82, 2.24) is 0 Å². The summed E-state index contributed by atoms with van der Waals surface area (Å²) in [4.78, 5) is 25.6. The zero-order chi connectivity index (χ0) is 4.50. The van der Waals surface area contributed by atoms with E-state index in [-0.39, 0.29) is 108 Å². The predicted molar refractivity (Wildman–Crippen MR) is 7.61 cm³/mol. The van der Waals surface area contributed by atoms with E-state index in [0.29, 0.717) is 0 Å². The Morgan fingerprint density at radius 2 is 0.889 bits per heavy atom. The molecule has 0 aromatic heterocycles. The minimum absolute atomic E-state index is 0. The summed E-state index contributed by atoms with van der Waals surface area (Å²) in [6.45, 7) is 0. The van der Waals surface area contributed by atoms with Gasteiger partial charge < -0.3 is 19.2 Å². The first kappa shape index (κ1) is 29.3. The second kappa shape index (κ2) is 14.3. The Morgan fingerprint density at radius 3 is 0.889 bits per heavy atom. The minimum Gasteiger partial charge on any atom is -0.822 e. The summed E-state index contributed by atoms with van der Waals surface area (Å²) >= 11 is 0. The molecule has 0 aromatic carbocycles. The van der Waals surface area contributed by atoms with E-state index in [4.69, 9.17) is 19.2 Å². The summed E-state index contributed by atoms with van der Waals surface area (Å²) in [5.74, 6) is 0. The van der Waals surface area contributed by atoms with E-state index in [1.807, 2.05) is 0 Å². The van der Waals surface area contributed by atoms with E-state index in [0.717, 1.165) is 0 Å². The normalized spacial score (nSPS) is 6.56. The molecule has 0 aromatic rings. The van der Waals surface area contributed by atoms with Gasteiger partial charge in [-0.1, -0.05) is 0 Å². The van der Waals surface area contributed by atoms with Crippen LogP contribution < -0.4 is 103 Å². The first-order valence-corrected chi connectivity index (χ1v) is 2.19. The quantitative estimate of drug-likeness (QED) is 0.305. The van der Waals surface area contributed by atoms with Crippen molar-refractivity contribution in [3.63, 3.8) is 0 Å². The Morgan fingerprint density at radius 1 is 0.889 bits per heavy atom. The zero-order valence-electron chi connectivity index (χ0n) is 5.79. The summed E-state index contributed by atoms with van der Waals surface area (Å²) in [7, 11) is -5.39. The van der Waals surface area contributed by atoms with Crippen molar-refractivity contribution in [2.24, 2.45) is 0 Å². The average molecular weight is 229 g/mol. The molecular formula is Na3O4PZn+2. The molecule has 0 bridgehead atoms. The number of phosphoric acid groups is 1. The SMILES string of the molecule is O=P([O-])([O-])[O-].[Na+].[Na+].[Na+].[Zn+2]. The van der Waals surface area contributed by atoms with Crippen LogP contribution >= 0.6 is 7.82 Å². The fraction of sp³-hybridized carbons (Fsp3) is 0. The van der Waals surface area contributed by atoms with Crippen LogP contribution in [0, 0.1) is 0 Å². The zero-order valence-corrected chi connectivity index (χ0v) is 15.6. The Kier molecular flexibility index (Phi) is 46.5. The van der Waals surface area contributed by atoms with Gasteiger partial charge in [-0.05, 0) is 0 Å². The molecule has 0 radical (unpaired) electrons. The fourth-order valence-corrected chi connectivity index (χ4v) is 0.